The topological polar surface area (TPSA) is 27.7 Å². The molecule has 0 bridgehead atoms. The maximum Gasteiger partial charge on any atom is 0.192 e. The van der Waals surface area contributed by atoms with Crippen molar-refractivity contribution >= 4 is 20.1 Å². The molecule has 0 saturated heterocycles. The minimum Gasteiger partial charge on any atom is -0.497 e. The fourth-order valence-electron chi connectivity index (χ4n) is 4.81. The lowest BCUT2D eigenvalue weighted by atomic mass is 9.66. The van der Waals surface area contributed by atoms with E-state index in [1.54, 1.807) is 14.2 Å². The number of fused-ring (bicyclic) bond motifs is 1. The Bertz CT molecular complexity index is 1200. The molecule has 2 atom stereocenters. The number of benzene rings is 3. The van der Waals surface area contributed by atoms with Gasteiger partial charge in [0.1, 0.15) is 11.5 Å². The number of hydrogen-bond donors (Lipinski definition) is 0. The predicted octanol–water partition coefficient (Wildman–Crippen LogP) is 8.42. The third kappa shape index (κ3) is 5.11. The molecule has 0 fully saturated rings. The molecule has 1 aliphatic heterocycles. The Morgan fingerprint density at radius 2 is 1.53 bits per heavy atom. The van der Waals surface area contributed by atoms with Gasteiger partial charge < -0.3 is 13.9 Å². The van der Waals surface area contributed by atoms with Crippen molar-refractivity contribution in [1.29, 1.82) is 0 Å². The smallest absolute Gasteiger partial charge is 0.192 e. The molecule has 0 N–H and O–H groups in total. The normalized spacial score (nSPS) is 20.1. The average Bonchev–Trinajstić information content (AvgIpc) is 2.87. The molecular weight excluding hydrogens is 480 g/mol. The summed E-state index contributed by atoms with van der Waals surface area (Å²) in [5, 5.41) is 0.171. The first kappa shape index (κ1) is 26.8. The van der Waals surface area contributed by atoms with E-state index < -0.39 is 8.32 Å². The fourth-order valence-corrected chi connectivity index (χ4v) is 7.10. The van der Waals surface area contributed by atoms with Gasteiger partial charge in [0.05, 0.1) is 20.8 Å². The van der Waals surface area contributed by atoms with Crippen molar-refractivity contribution in [2.24, 2.45) is 0 Å². The Balaban J connectivity index is 1.84. The number of ether oxygens (including phenoxy) is 2. The zero-order valence-electron chi connectivity index (χ0n) is 23.0. The SMILES string of the molecule is COc1ccc(C2(C)CSc3cc(OC)ccc3C2c2ccccc2CO[Si](C)(C)C(C)(C)C)cc1. The van der Waals surface area contributed by atoms with Crippen molar-refractivity contribution in [2.45, 2.75) is 68.7 Å². The van der Waals surface area contributed by atoms with Crippen LogP contribution >= 0.6 is 11.8 Å². The number of thioether (sulfide) groups is 1. The quantitative estimate of drug-likeness (QED) is 0.292. The summed E-state index contributed by atoms with van der Waals surface area (Å²) in [5.41, 5.74) is 5.19. The minimum absolute atomic E-state index is 0.106. The van der Waals surface area contributed by atoms with Crippen LogP contribution in [0.1, 0.15) is 55.9 Å². The Kier molecular flexibility index (Phi) is 7.66. The Labute approximate surface area is 222 Å². The number of methoxy groups -OCH3 is 2. The lowest BCUT2D eigenvalue weighted by Crippen LogP contribution is -2.41. The van der Waals surface area contributed by atoms with Gasteiger partial charge in [0.2, 0.25) is 0 Å². The molecule has 1 heterocycles. The van der Waals surface area contributed by atoms with E-state index in [1.165, 1.54) is 27.1 Å². The Hall–Kier alpha value is -2.21. The highest BCUT2D eigenvalue weighted by Crippen LogP contribution is 2.54. The zero-order valence-corrected chi connectivity index (χ0v) is 24.8. The van der Waals surface area contributed by atoms with Crippen molar-refractivity contribution < 1.29 is 13.9 Å². The lowest BCUT2D eigenvalue weighted by molar-refractivity contribution is 0.273. The van der Waals surface area contributed by atoms with Crippen LogP contribution in [0.5, 0.6) is 11.5 Å². The second-order valence-electron chi connectivity index (χ2n) is 11.5. The number of rotatable bonds is 7. The van der Waals surface area contributed by atoms with Gasteiger partial charge >= 0.3 is 0 Å². The minimum atomic E-state index is -1.89. The molecule has 3 aromatic rings. The highest BCUT2D eigenvalue weighted by atomic mass is 32.2. The maximum absolute atomic E-state index is 6.74. The summed E-state index contributed by atoms with van der Waals surface area (Å²) >= 11 is 1.92. The van der Waals surface area contributed by atoms with Crippen LogP contribution in [-0.4, -0.2) is 28.3 Å². The molecule has 0 aromatic heterocycles. The summed E-state index contributed by atoms with van der Waals surface area (Å²) in [6, 6.07) is 24.1. The molecule has 192 valence electrons. The molecule has 5 heteroatoms. The first-order valence-electron chi connectivity index (χ1n) is 12.7. The van der Waals surface area contributed by atoms with Gasteiger partial charge in [-0.2, -0.15) is 0 Å². The van der Waals surface area contributed by atoms with Crippen molar-refractivity contribution in [3.05, 3.63) is 89.0 Å². The van der Waals surface area contributed by atoms with Crippen LogP contribution in [0.2, 0.25) is 18.1 Å². The van der Waals surface area contributed by atoms with E-state index in [0.717, 1.165) is 17.3 Å². The molecule has 0 spiro atoms. The molecule has 2 unspecified atom stereocenters. The van der Waals surface area contributed by atoms with Crippen LogP contribution in [0.4, 0.5) is 0 Å². The first-order chi connectivity index (χ1) is 17.0. The van der Waals surface area contributed by atoms with Gasteiger partial charge in [-0.05, 0) is 64.7 Å². The highest BCUT2D eigenvalue weighted by molar-refractivity contribution is 7.99. The molecule has 4 rings (SSSR count). The predicted molar refractivity (Wildman–Crippen MR) is 154 cm³/mol. The van der Waals surface area contributed by atoms with Crippen LogP contribution in [0.25, 0.3) is 0 Å². The maximum atomic E-state index is 6.74. The van der Waals surface area contributed by atoms with Crippen LogP contribution in [0, 0.1) is 0 Å². The van der Waals surface area contributed by atoms with Crippen LogP contribution in [-0.2, 0) is 16.4 Å². The second-order valence-corrected chi connectivity index (χ2v) is 17.3. The summed E-state index contributed by atoms with van der Waals surface area (Å²) in [6.45, 7) is 14.6. The molecular formula is C31H40O3SSi. The molecule has 0 radical (unpaired) electrons. The van der Waals surface area contributed by atoms with E-state index in [1.807, 2.05) is 11.8 Å². The van der Waals surface area contributed by atoms with Crippen molar-refractivity contribution in [1.82, 2.24) is 0 Å². The summed E-state index contributed by atoms with van der Waals surface area (Å²) in [7, 11) is 1.57. The van der Waals surface area contributed by atoms with E-state index >= 15 is 0 Å². The third-order valence-electron chi connectivity index (χ3n) is 8.21. The molecule has 0 aliphatic carbocycles. The van der Waals surface area contributed by atoms with Crippen molar-refractivity contribution in [2.75, 3.05) is 20.0 Å². The van der Waals surface area contributed by atoms with Crippen LogP contribution in [0.15, 0.2) is 71.6 Å². The van der Waals surface area contributed by atoms with Gasteiger partial charge in [-0.1, -0.05) is 70.2 Å². The summed E-state index contributed by atoms with van der Waals surface area (Å²) in [5.74, 6) is 2.95. The summed E-state index contributed by atoms with van der Waals surface area (Å²) in [4.78, 5) is 1.30. The summed E-state index contributed by atoms with van der Waals surface area (Å²) in [6.07, 6.45) is 0. The molecule has 3 aromatic carbocycles. The van der Waals surface area contributed by atoms with Crippen molar-refractivity contribution in [3.63, 3.8) is 0 Å². The molecule has 36 heavy (non-hydrogen) atoms. The Morgan fingerprint density at radius 3 is 2.17 bits per heavy atom. The van der Waals surface area contributed by atoms with E-state index in [-0.39, 0.29) is 16.4 Å². The van der Waals surface area contributed by atoms with Gasteiger partial charge in [0.25, 0.3) is 0 Å². The van der Waals surface area contributed by atoms with Crippen LogP contribution < -0.4 is 9.47 Å². The highest BCUT2D eigenvalue weighted by Gasteiger charge is 2.44. The van der Waals surface area contributed by atoms with E-state index in [2.05, 4.69) is 108 Å². The molecule has 0 amide bonds. The monoisotopic (exact) mass is 520 g/mol. The largest absolute Gasteiger partial charge is 0.497 e. The number of hydrogen-bond acceptors (Lipinski definition) is 4. The van der Waals surface area contributed by atoms with E-state index in [0.29, 0.717) is 6.61 Å². The third-order valence-corrected chi connectivity index (χ3v) is 14.1. The second kappa shape index (κ2) is 10.3. The van der Waals surface area contributed by atoms with Crippen molar-refractivity contribution in [3.8, 4) is 11.5 Å². The van der Waals surface area contributed by atoms with Gasteiger partial charge in [0, 0.05) is 22.0 Å². The van der Waals surface area contributed by atoms with Gasteiger partial charge in [-0.25, -0.2) is 0 Å². The van der Waals surface area contributed by atoms with E-state index in [4.69, 9.17) is 13.9 Å². The molecule has 3 nitrogen and oxygen atoms in total. The standard InChI is InChI=1S/C31H40O3SSi/c1-30(2,3)36(7,8)34-20-22-11-9-10-12-26(22)29-27-18-17-25(33-6)19-28(27)35-21-31(29,4)23-13-15-24(32-5)16-14-23/h9-19,29H,20-21H2,1-8H3. The lowest BCUT2D eigenvalue weighted by Gasteiger charge is -2.44. The van der Waals surface area contributed by atoms with Gasteiger partial charge in [0.15, 0.2) is 8.32 Å². The van der Waals surface area contributed by atoms with E-state index in [9.17, 15) is 0 Å². The fraction of sp³-hybridized carbons (Fsp3) is 0.419. The summed E-state index contributed by atoms with van der Waals surface area (Å²) < 4.78 is 17.8. The molecule has 0 saturated carbocycles. The zero-order chi connectivity index (χ0) is 26.1. The van der Waals surface area contributed by atoms with Crippen LogP contribution in [0.3, 0.4) is 0 Å². The molecule has 1 aliphatic rings. The first-order valence-corrected chi connectivity index (χ1v) is 16.6. The average molecular weight is 521 g/mol. The van der Waals surface area contributed by atoms with Gasteiger partial charge in [-0.3, -0.25) is 0 Å². The Morgan fingerprint density at radius 1 is 0.889 bits per heavy atom. The van der Waals surface area contributed by atoms with Gasteiger partial charge in [-0.15, -0.1) is 11.8 Å².